The summed E-state index contributed by atoms with van der Waals surface area (Å²) in [6, 6.07) is 21.3. The predicted octanol–water partition coefficient (Wildman–Crippen LogP) is 7.31. The molecule has 0 aromatic heterocycles. The van der Waals surface area contributed by atoms with E-state index in [1.165, 1.54) is 6.07 Å². The highest BCUT2D eigenvalue weighted by Gasteiger charge is 2.35. The first-order chi connectivity index (χ1) is 26.7. The molecule has 0 radical (unpaired) electrons. The molecule has 4 aromatic carbocycles. The molecule has 0 amide bonds. The normalized spacial score (nSPS) is 11.6. The molecule has 286 valence electrons. The van der Waals surface area contributed by atoms with Gasteiger partial charge in [-0.25, -0.2) is 14.4 Å². The van der Waals surface area contributed by atoms with Crippen LogP contribution in [0, 0.1) is 0 Å². The molecule has 0 bridgehead atoms. The molecule has 0 saturated carbocycles. The number of esters is 3. The summed E-state index contributed by atoms with van der Waals surface area (Å²) in [5.41, 5.74) is 13.0. The molecule has 12 nitrogen and oxygen atoms in total. The third-order valence-electron chi connectivity index (χ3n) is 8.87. The molecule has 0 aliphatic heterocycles. The van der Waals surface area contributed by atoms with Crippen molar-refractivity contribution in [1.29, 1.82) is 0 Å². The smallest absolute Gasteiger partial charge is 0.343 e. The van der Waals surface area contributed by atoms with Crippen LogP contribution in [0.2, 0.25) is 0 Å². The van der Waals surface area contributed by atoms with Crippen molar-refractivity contribution in [3.63, 3.8) is 0 Å². The Bertz CT molecular complexity index is 2020. The van der Waals surface area contributed by atoms with Gasteiger partial charge in [0.15, 0.2) is 11.6 Å². The number of rotatable bonds is 20. The van der Waals surface area contributed by atoms with Gasteiger partial charge in [0.1, 0.15) is 17.2 Å². The first-order valence-corrected chi connectivity index (χ1v) is 18.2. The molecule has 0 unspecified atom stereocenters. The first-order valence-electron chi connectivity index (χ1n) is 18.2. The van der Waals surface area contributed by atoms with Crippen LogP contribution in [0.5, 0.6) is 17.2 Å². The van der Waals surface area contributed by atoms with E-state index in [1.807, 2.05) is 0 Å². The number of hydrogen-bond donors (Lipinski definition) is 2. The zero-order chi connectivity index (χ0) is 39.2. The number of nitrogens with two attached hydrogens (primary N) is 2. The van der Waals surface area contributed by atoms with Crippen molar-refractivity contribution in [1.82, 2.24) is 0 Å². The van der Waals surface area contributed by atoms with E-state index in [0.29, 0.717) is 49.1 Å². The fourth-order valence-corrected chi connectivity index (χ4v) is 5.94. The molecule has 1 aliphatic carbocycles. The topological polar surface area (TPSA) is 184 Å². The lowest BCUT2D eigenvalue weighted by molar-refractivity contribution is -0.137. The Morgan fingerprint density at radius 1 is 0.582 bits per heavy atom. The zero-order valence-electron chi connectivity index (χ0n) is 30.5. The molecule has 0 saturated heterocycles. The molecule has 0 fully saturated rings. The molecule has 12 heteroatoms. The minimum atomic E-state index is -0.716. The number of fused-ring (bicyclic) bond motifs is 2. The number of anilines is 2. The number of hydrogen-bond acceptors (Lipinski definition) is 12. The van der Waals surface area contributed by atoms with E-state index in [2.05, 4.69) is 6.58 Å². The van der Waals surface area contributed by atoms with Crippen molar-refractivity contribution in [2.24, 2.45) is 0 Å². The average Bonchev–Trinajstić information content (AvgIpc) is 3.20. The summed E-state index contributed by atoms with van der Waals surface area (Å²) in [7, 11) is 0. The van der Waals surface area contributed by atoms with Crippen molar-refractivity contribution in [3.8, 4) is 17.2 Å². The van der Waals surface area contributed by atoms with Gasteiger partial charge in [-0.2, -0.15) is 0 Å². The van der Waals surface area contributed by atoms with Gasteiger partial charge in [0.05, 0.1) is 54.4 Å². The van der Waals surface area contributed by atoms with Crippen molar-refractivity contribution < 1.29 is 47.7 Å². The third kappa shape index (κ3) is 10.6. The summed E-state index contributed by atoms with van der Waals surface area (Å²) in [5.74, 6) is -0.795. The minimum Gasteiger partial charge on any atom is -0.494 e. The lowest BCUT2D eigenvalue weighted by Gasteiger charge is -2.22. The maximum atomic E-state index is 13.2. The summed E-state index contributed by atoms with van der Waals surface area (Å²) in [4.78, 5) is 62.7. The van der Waals surface area contributed by atoms with Gasteiger partial charge in [0.25, 0.3) is 0 Å². The molecule has 1 aliphatic rings. The second kappa shape index (κ2) is 19.6. The SMILES string of the molecule is C=CC(=O)OCCCCCCOc1ccc(OC(=O)c2ccc(OCCCCCCOC(=O)c3cc(N)c4c(c3N)C(=O)c3ccccc3C4=O)cc2)cc1. The molecule has 5 rings (SSSR count). The van der Waals surface area contributed by atoms with E-state index in [4.69, 9.17) is 35.2 Å². The minimum absolute atomic E-state index is 0.00480. The molecule has 4 N–H and O–H groups in total. The highest BCUT2D eigenvalue weighted by molar-refractivity contribution is 6.32. The maximum absolute atomic E-state index is 13.2. The molecule has 0 atom stereocenters. The van der Waals surface area contributed by atoms with Crippen LogP contribution in [0.1, 0.15) is 104 Å². The molecule has 4 aromatic rings. The largest absolute Gasteiger partial charge is 0.494 e. The summed E-state index contributed by atoms with van der Waals surface area (Å²) in [6.45, 7) is 4.91. The van der Waals surface area contributed by atoms with Crippen LogP contribution in [0.15, 0.2) is 91.5 Å². The van der Waals surface area contributed by atoms with E-state index in [1.54, 1.807) is 72.8 Å². The van der Waals surface area contributed by atoms with Crippen LogP contribution in [0.3, 0.4) is 0 Å². The van der Waals surface area contributed by atoms with Gasteiger partial charge in [-0.05, 0) is 106 Å². The van der Waals surface area contributed by atoms with Gasteiger partial charge in [0.2, 0.25) is 0 Å². The van der Waals surface area contributed by atoms with Crippen LogP contribution in [-0.2, 0) is 14.3 Å². The number of ether oxygens (including phenoxy) is 5. The van der Waals surface area contributed by atoms with Gasteiger partial charge in [0, 0.05) is 22.9 Å². The lowest BCUT2D eigenvalue weighted by Crippen LogP contribution is -2.25. The van der Waals surface area contributed by atoms with Gasteiger partial charge in [-0.3, -0.25) is 9.59 Å². The van der Waals surface area contributed by atoms with E-state index in [0.717, 1.165) is 51.0 Å². The molecular formula is C43H44N2O10. The van der Waals surface area contributed by atoms with Crippen LogP contribution in [0.25, 0.3) is 0 Å². The summed E-state index contributed by atoms with van der Waals surface area (Å²) in [5, 5.41) is 0. The fraction of sp³-hybridized carbons (Fsp3) is 0.279. The Hall–Kier alpha value is -6.43. The van der Waals surface area contributed by atoms with Gasteiger partial charge < -0.3 is 35.2 Å². The predicted molar refractivity (Wildman–Crippen MR) is 206 cm³/mol. The quantitative estimate of drug-likeness (QED) is 0.0266. The van der Waals surface area contributed by atoms with E-state index < -0.39 is 29.5 Å². The highest BCUT2D eigenvalue weighted by Crippen LogP contribution is 2.36. The van der Waals surface area contributed by atoms with Crippen LogP contribution < -0.4 is 25.7 Å². The fourth-order valence-electron chi connectivity index (χ4n) is 5.94. The van der Waals surface area contributed by atoms with Gasteiger partial charge in [-0.1, -0.05) is 30.8 Å². The summed E-state index contributed by atoms with van der Waals surface area (Å²) in [6.07, 6.45) is 7.66. The number of unbranched alkanes of at least 4 members (excludes halogenated alkanes) is 6. The molecular weight excluding hydrogens is 704 g/mol. The second-order valence-corrected chi connectivity index (χ2v) is 12.8. The van der Waals surface area contributed by atoms with Crippen LogP contribution in [0.4, 0.5) is 11.4 Å². The number of ketones is 2. The van der Waals surface area contributed by atoms with Crippen molar-refractivity contribution in [2.75, 3.05) is 37.9 Å². The Labute approximate surface area is 319 Å². The van der Waals surface area contributed by atoms with Crippen LogP contribution >= 0.6 is 0 Å². The Balaban J connectivity index is 0.946. The van der Waals surface area contributed by atoms with Gasteiger partial charge in [-0.15, -0.1) is 0 Å². The number of nitrogen functional groups attached to an aromatic ring is 2. The molecule has 55 heavy (non-hydrogen) atoms. The Morgan fingerprint density at radius 3 is 1.64 bits per heavy atom. The highest BCUT2D eigenvalue weighted by atomic mass is 16.5. The maximum Gasteiger partial charge on any atom is 0.343 e. The molecule has 0 spiro atoms. The summed E-state index contributed by atoms with van der Waals surface area (Å²) >= 11 is 0. The number of carbonyl (C=O) groups excluding carboxylic acids is 5. The third-order valence-corrected chi connectivity index (χ3v) is 8.87. The number of carbonyl (C=O) groups is 5. The Kier molecular flexibility index (Phi) is 14.2. The van der Waals surface area contributed by atoms with Crippen molar-refractivity contribution in [2.45, 2.75) is 51.4 Å². The first kappa shape index (κ1) is 39.8. The molecule has 0 heterocycles. The second-order valence-electron chi connectivity index (χ2n) is 12.8. The van der Waals surface area contributed by atoms with Crippen molar-refractivity contribution >= 4 is 40.8 Å². The van der Waals surface area contributed by atoms with Crippen LogP contribution in [-0.4, -0.2) is 55.9 Å². The average molecular weight is 749 g/mol. The Morgan fingerprint density at radius 2 is 1.07 bits per heavy atom. The standard InChI is InChI=1S/C43H44N2O10/c1-2-36(46)53-25-11-5-3-9-24-52-30-19-21-31(22-20-30)55-42(49)28-15-17-29(18-16-28)51-23-10-4-6-12-26-54-43(50)34-27-35(44)37-38(39(34)45)41(48)33-14-8-7-13-32(33)40(37)47/h2,7-8,13-22,27H,1,3-6,9-12,23-26,44-45H2. The van der Waals surface area contributed by atoms with Gasteiger partial charge >= 0.3 is 17.9 Å². The lowest BCUT2D eigenvalue weighted by atomic mass is 9.81. The van der Waals surface area contributed by atoms with Crippen molar-refractivity contribution in [3.05, 3.63) is 125 Å². The monoisotopic (exact) mass is 748 g/mol. The van der Waals surface area contributed by atoms with E-state index in [9.17, 15) is 24.0 Å². The number of benzene rings is 4. The van der Waals surface area contributed by atoms with E-state index >= 15 is 0 Å². The zero-order valence-corrected chi connectivity index (χ0v) is 30.5. The summed E-state index contributed by atoms with van der Waals surface area (Å²) < 4.78 is 27.4. The van der Waals surface area contributed by atoms with E-state index in [-0.39, 0.29) is 45.8 Å².